The molecule has 206 valence electrons. The fourth-order valence-corrected chi connectivity index (χ4v) is 4.99. The van der Waals surface area contributed by atoms with Crippen molar-refractivity contribution in [1.82, 2.24) is 0 Å². The van der Waals surface area contributed by atoms with E-state index >= 15 is 4.39 Å². The number of hydrogen-bond donors (Lipinski definition) is 2. The van der Waals surface area contributed by atoms with Gasteiger partial charge in [-0.15, -0.1) is 0 Å². The maximum absolute atomic E-state index is 15.4. The van der Waals surface area contributed by atoms with E-state index in [1.54, 1.807) is 12.1 Å². The van der Waals surface area contributed by atoms with Gasteiger partial charge in [0, 0.05) is 18.9 Å². The van der Waals surface area contributed by atoms with Gasteiger partial charge in [-0.05, 0) is 103 Å². The lowest BCUT2D eigenvalue weighted by molar-refractivity contribution is 0.285. The highest BCUT2D eigenvalue weighted by Gasteiger charge is 2.24. The van der Waals surface area contributed by atoms with Gasteiger partial charge in [-0.25, -0.2) is 4.39 Å². The second-order valence-corrected chi connectivity index (χ2v) is 10.3. The molecule has 0 amide bonds. The summed E-state index contributed by atoms with van der Waals surface area (Å²) in [5.74, 6) is 2.06. The minimum absolute atomic E-state index is 0.0734. The molecule has 5 heteroatoms. The van der Waals surface area contributed by atoms with Crippen LogP contribution in [0.2, 0.25) is 0 Å². The van der Waals surface area contributed by atoms with Crippen molar-refractivity contribution < 1.29 is 24.1 Å². The van der Waals surface area contributed by atoms with E-state index < -0.39 is 0 Å². The van der Waals surface area contributed by atoms with Crippen molar-refractivity contribution >= 4 is 0 Å². The molecule has 1 saturated carbocycles. The van der Waals surface area contributed by atoms with Crippen LogP contribution in [0.15, 0.2) is 72.9 Å². The molecule has 1 fully saturated rings. The van der Waals surface area contributed by atoms with Crippen LogP contribution in [0.5, 0.6) is 11.5 Å². The zero-order valence-electron chi connectivity index (χ0n) is 22.8. The van der Waals surface area contributed by atoms with Crippen molar-refractivity contribution in [3.8, 4) is 22.6 Å². The summed E-state index contributed by atoms with van der Waals surface area (Å²) in [6.45, 7) is 10.3. The van der Waals surface area contributed by atoms with Crippen LogP contribution in [0.4, 0.5) is 4.39 Å². The molecule has 2 aromatic carbocycles. The highest BCUT2D eigenvalue weighted by Crippen LogP contribution is 2.40. The minimum atomic E-state index is -0.160. The Hall–Kier alpha value is -2.89. The quantitative estimate of drug-likeness (QED) is 0.235. The standard InChI is InChI=1S/C33H43FO4/c1-4-5-6-7-26-8-10-27(11-9-26)32-13-12-28(20-33(32)34)29-18-30(37-16-14-24(2)22-35)21-31(19-29)38-17-15-25(3)23-36/h4-5,12-13,18-21,26-27,35-36H,2-3,6-11,14-17,22-23H2,1H3/b5-4+. The molecule has 0 spiro atoms. The Balaban J connectivity index is 1.73. The van der Waals surface area contributed by atoms with Crippen molar-refractivity contribution in [2.45, 2.75) is 64.2 Å². The van der Waals surface area contributed by atoms with E-state index in [-0.39, 0.29) is 24.9 Å². The second-order valence-electron chi connectivity index (χ2n) is 10.3. The monoisotopic (exact) mass is 522 g/mol. The molecule has 0 atom stereocenters. The first-order valence-corrected chi connectivity index (χ1v) is 13.8. The molecule has 0 aliphatic heterocycles. The van der Waals surface area contributed by atoms with Gasteiger partial charge in [-0.1, -0.05) is 37.4 Å². The zero-order valence-corrected chi connectivity index (χ0v) is 22.8. The Labute approximate surface area is 227 Å². The first-order valence-electron chi connectivity index (χ1n) is 13.8. The van der Waals surface area contributed by atoms with E-state index in [0.717, 1.165) is 54.7 Å². The molecule has 1 aliphatic carbocycles. The van der Waals surface area contributed by atoms with Gasteiger partial charge >= 0.3 is 0 Å². The maximum atomic E-state index is 15.4. The topological polar surface area (TPSA) is 58.9 Å². The van der Waals surface area contributed by atoms with Crippen molar-refractivity contribution in [2.75, 3.05) is 26.4 Å². The Morgan fingerprint density at radius 2 is 1.50 bits per heavy atom. The molecule has 0 aromatic heterocycles. The lowest BCUT2D eigenvalue weighted by Crippen LogP contribution is -2.14. The van der Waals surface area contributed by atoms with Crippen molar-refractivity contribution in [3.05, 3.63) is 84.2 Å². The molecule has 0 unspecified atom stereocenters. The van der Waals surface area contributed by atoms with E-state index in [1.807, 2.05) is 24.3 Å². The van der Waals surface area contributed by atoms with Crippen LogP contribution in [0.25, 0.3) is 11.1 Å². The van der Waals surface area contributed by atoms with Crippen LogP contribution in [0.1, 0.15) is 69.8 Å². The number of hydrogen-bond acceptors (Lipinski definition) is 4. The van der Waals surface area contributed by atoms with Gasteiger partial charge in [0.1, 0.15) is 17.3 Å². The van der Waals surface area contributed by atoms with Crippen LogP contribution in [-0.4, -0.2) is 36.6 Å². The minimum Gasteiger partial charge on any atom is -0.493 e. The van der Waals surface area contributed by atoms with E-state index in [2.05, 4.69) is 32.2 Å². The SMILES string of the molecule is C=C(CO)CCOc1cc(OCCC(=C)CO)cc(-c2ccc(C3CCC(CC/C=C/C)CC3)c(F)c2)c1. The molecule has 2 aromatic rings. The highest BCUT2D eigenvalue weighted by atomic mass is 19.1. The molecular weight excluding hydrogens is 479 g/mol. The lowest BCUT2D eigenvalue weighted by Gasteiger charge is -2.29. The molecule has 0 saturated heterocycles. The molecule has 1 aliphatic rings. The molecule has 0 heterocycles. The average molecular weight is 523 g/mol. The third kappa shape index (κ3) is 9.14. The average Bonchev–Trinajstić information content (AvgIpc) is 2.93. The number of aliphatic hydroxyl groups excluding tert-OH is 2. The summed E-state index contributed by atoms with van der Waals surface area (Å²) >= 11 is 0. The van der Waals surface area contributed by atoms with Gasteiger partial charge in [-0.3, -0.25) is 0 Å². The van der Waals surface area contributed by atoms with Crippen LogP contribution >= 0.6 is 0 Å². The number of allylic oxidation sites excluding steroid dienone is 2. The van der Waals surface area contributed by atoms with Gasteiger partial charge in [-0.2, -0.15) is 0 Å². The zero-order chi connectivity index (χ0) is 27.3. The number of aliphatic hydroxyl groups is 2. The third-order valence-electron chi connectivity index (χ3n) is 7.37. The summed E-state index contributed by atoms with van der Waals surface area (Å²) in [6.07, 6.45) is 12.2. The van der Waals surface area contributed by atoms with Crippen LogP contribution in [0, 0.1) is 11.7 Å². The molecule has 2 N–H and O–H groups in total. The van der Waals surface area contributed by atoms with Gasteiger partial charge in [0.2, 0.25) is 0 Å². The van der Waals surface area contributed by atoms with Crippen molar-refractivity contribution in [2.24, 2.45) is 5.92 Å². The lowest BCUT2D eigenvalue weighted by atomic mass is 9.77. The summed E-state index contributed by atoms with van der Waals surface area (Å²) < 4.78 is 27.2. The second kappa shape index (κ2) is 15.5. The van der Waals surface area contributed by atoms with Gasteiger partial charge in [0.05, 0.1) is 26.4 Å². The fourth-order valence-electron chi connectivity index (χ4n) is 4.99. The largest absolute Gasteiger partial charge is 0.493 e. The number of benzene rings is 2. The smallest absolute Gasteiger partial charge is 0.127 e. The number of halogens is 1. The van der Waals surface area contributed by atoms with Gasteiger partial charge in [0.25, 0.3) is 0 Å². The predicted molar refractivity (Wildman–Crippen MR) is 153 cm³/mol. The summed E-state index contributed by atoms with van der Waals surface area (Å²) in [4.78, 5) is 0. The van der Waals surface area contributed by atoms with Crippen LogP contribution in [-0.2, 0) is 0 Å². The molecule has 3 rings (SSSR count). The number of rotatable bonds is 15. The molecule has 38 heavy (non-hydrogen) atoms. The van der Waals surface area contributed by atoms with E-state index in [9.17, 15) is 10.2 Å². The highest BCUT2D eigenvalue weighted by molar-refractivity contribution is 5.68. The molecule has 0 bridgehead atoms. The molecule has 4 nitrogen and oxygen atoms in total. The van der Waals surface area contributed by atoms with Crippen LogP contribution < -0.4 is 9.47 Å². The van der Waals surface area contributed by atoms with E-state index in [0.29, 0.717) is 48.7 Å². The van der Waals surface area contributed by atoms with Crippen LogP contribution in [0.3, 0.4) is 0 Å². The summed E-state index contributed by atoms with van der Waals surface area (Å²) in [7, 11) is 0. The summed E-state index contributed by atoms with van der Waals surface area (Å²) in [5.41, 5.74) is 3.78. The Bertz CT molecular complexity index is 1040. The third-order valence-corrected chi connectivity index (χ3v) is 7.37. The molecule has 0 radical (unpaired) electrons. The van der Waals surface area contributed by atoms with Crippen molar-refractivity contribution in [1.29, 1.82) is 0 Å². The van der Waals surface area contributed by atoms with Gasteiger partial charge < -0.3 is 19.7 Å². The summed E-state index contributed by atoms with van der Waals surface area (Å²) in [6, 6.07) is 11.1. The van der Waals surface area contributed by atoms with E-state index in [1.165, 1.54) is 6.42 Å². The Morgan fingerprint density at radius 1 is 0.895 bits per heavy atom. The fraction of sp³-hybridized carbons (Fsp3) is 0.455. The Morgan fingerprint density at radius 3 is 2.03 bits per heavy atom. The Kier molecular flexibility index (Phi) is 12.1. The van der Waals surface area contributed by atoms with E-state index in [4.69, 9.17) is 9.47 Å². The van der Waals surface area contributed by atoms with Crippen molar-refractivity contribution in [3.63, 3.8) is 0 Å². The first-order chi connectivity index (χ1) is 18.4. The number of ether oxygens (including phenoxy) is 2. The molecular formula is C33H43FO4. The summed E-state index contributed by atoms with van der Waals surface area (Å²) in [5, 5.41) is 18.4. The predicted octanol–water partition coefficient (Wildman–Crippen LogP) is 7.76. The first kappa shape index (κ1) is 29.7. The van der Waals surface area contributed by atoms with Gasteiger partial charge in [0.15, 0.2) is 0 Å². The maximum Gasteiger partial charge on any atom is 0.127 e. The normalized spacial score (nSPS) is 17.5.